The molecule has 4 nitrogen and oxygen atoms in total. The van der Waals surface area contributed by atoms with Crippen molar-refractivity contribution in [3.8, 4) is 0 Å². The topological polar surface area (TPSA) is 37.3 Å². The zero-order valence-corrected chi connectivity index (χ0v) is 13.1. The molecule has 0 spiro atoms. The predicted molar refractivity (Wildman–Crippen MR) is 80.4 cm³/mol. The minimum atomic E-state index is 0.0181. The van der Waals surface area contributed by atoms with Gasteiger partial charge in [0.1, 0.15) is 5.69 Å². The molecule has 0 aliphatic carbocycles. The number of amides is 1. The van der Waals surface area contributed by atoms with Crippen LogP contribution in [0.4, 0.5) is 0 Å². The number of hydrogen-bond acceptors (Lipinski definition) is 2. The van der Waals surface area contributed by atoms with Gasteiger partial charge in [0.2, 0.25) is 0 Å². The second-order valence-electron chi connectivity index (χ2n) is 4.99. The number of halogens is 1. The number of aryl methyl sites for hydroxylation is 1. The molecule has 2 rings (SSSR count). The molecule has 1 N–H and O–H groups in total. The maximum Gasteiger partial charge on any atom is 0.267 e. The third kappa shape index (κ3) is 4.08. The van der Waals surface area contributed by atoms with Crippen molar-refractivity contribution in [1.82, 2.24) is 14.8 Å². The van der Waals surface area contributed by atoms with Gasteiger partial charge in [0.15, 0.2) is 0 Å². The maximum atomic E-state index is 12.1. The van der Waals surface area contributed by atoms with E-state index >= 15 is 0 Å². The van der Waals surface area contributed by atoms with Crippen molar-refractivity contribution in [1.29, 1.82) is 0 Å². The average Bonchev–Trinajstić information content (AvgIpc) is 2.81. The van der Waals surface area contributed by atoms with Crippen molar-refractivity contribution < 1.29 is 4.79 Å². The molecule has 19 heavy (non-hydrogen) atoms. The number of carbonyl (C=O) groups is 1. The van der Waals surface area contributed by atoms with Gasteiger partial charge in [-0.05, 0) is 54.9 Å². The molecule has 1 aromatic rings. The fraction of sp³-hybridized carbons (Fsp3) is 0.643. The monoisotopic (exact) mass is 327 g/mol. The summed E-state index contributed by atoms with van der Waals surface area (Å²) in [5.41, 5.74) is 0.730. The summed E-state index contributed by atoms with van der Waals surface area (Å²) < 4.78 is 2.91. The summed E-state index contributed by atoms with van der Waals surface area (Å²) in [4.78, 5) is 14.5. The molecule has 1 aliphatic heterocycles. The Balaban J connectivity index is 1.80. The van der Waals surface area contributed by atoms with Gasteiger partial charge >= 0.3 is 0 Å². The van der Waals surface area contributed by atoms with Crippen LogP contribution in [0, 0.1) is 0 Å². The Labute approximate surface area is 123 Å². The number of likely N-dealkylation sites (tertiary alicyclic amines) is 1. The van der Waals surface area contributed by atoms with Crippen LogP contribution in [0.25, 0.3) is 0 Å². The highest BCUT2D eigenvalue weighted by Gasteiger charge is 2.13. The summed E-state index contributed by atoms with van der Waals surface area (Å²) in [6.45, 7) is 6.88. The van der Waals surface area contributed by atoms with Crippen molar-refractivity contribution in [2.45, 2.75) is 32.7 Å². The summed E-state index contributed by atoms with van der Waals surface area (Å²) >= 11 is 3.41. The Kier molecular flexibility index (Phi) is 5.45. The highest BCUT2D eigenvalue weighted by Crippen LogP contribution is 2.14. The van der Waals surface area contributed by atoms with E-state index in [1.807, 2.05) is 23.8 Å². The molecule has 0 bridgehead atoms. The lowest BCUT2D eigenvalue weighted by Crippen LogP contribution is -2.38. The fourth-order valence-electron chi connectivity index (χ4n) is 2.53. The number of nitrogens with one attached hydrogen (secondary N) is 1. The number of aromatic nitrogens is 1. The summed E-state index contributed by atoms with van der Waals surface area (Å²) in [6.07, 6.45) is 5.87. The first-order valence-electron chi connectivity index (χ1n) is 7.07. The van der Waals surface area contributed by atoms with Gasteiger partial charge in [0, 0.05) is 30.3 Å². The lowest BCUT2D eigenvalue weighted by Gasteiger charge is -2.26. The molecule has 0 aromatic carbocycles. The van der Waals surface area contributed by atoms with Gasteiger partial charge < -0.3 is 14.8 Å². The third-order valence-corrected chi connectivity index (χ3v) is 4.03. The Hall–Kier alpha value is -0.810. The van der Waals surface area contributed by atoms with Gasteiger partial charge in [-0.25, -0.2) is 0 Å². The van der Waals surface area contributed by atoms with Crippen LogP contribution in [0.3, 0.4) is 0 Å². The van der Waals surface area contributed by atoms with Crippen LogP contribution in [0.5, 0.6) is 0 Å². The first kappa shape index (κ1) is 14.6. The van der Waals surface area contributed by atoms with Crippen LogP contribution < -0.4 is 5.32 Å². The van der Waals surface area contributed by atoms with Gasteiger partial charge in [-0.1, -0.05) is 6.42 Å². The smallest absolute Gasteiger partial charge is 0.267 e. The predicted octanol–water partition coefficient (Wildman–Crippen LogP) is 2.49. The molecule has 1 aromatic heterocycles. The molecule has 1 saturated heterocycles. The van der Waals surface area contributed by atoms with Crippen LogP contribution in [0.2, 0.25) is 0 Å². The highest BCUT2D eigenvalue weighted by molar-refractivity contribution is 9.10. The van der Waals surface area contributed by atoms with E-state index in [9.17, 15) is 4.79 Å². The quantitative estimate of drug-likeness (QED) is 0.902. The summed E-state index contributed by atoms with van der Waals surface area (Å²) in [7, 11) is 0. The second kappa shape index (κ2) is 7.10. The van der Waals surface area contributed by atoms with E-state index in [2.05, 4.69) is 26.1 Å². The molecule has 1 fully saturated rings. The Bertz CT molecular complexity index is 424. The van der Waals surface area contributed by atoms with E-state index in [0.29, 0.717) is 0 Å². The first-order chi connectivity index (χ1) is 9.20. The molecule has 2 heterocycles. The van der Waals surface area contributed by atoms with E-state index in [1.54, 1.807) is 0 Å². The lowest BCUT2D eigenvalue weighted by molar-refractivity contribution is 0.0937. The number of rotatable bonds is 5. The SMILES string of the molecule is CCn1cc(Br)cc1C(=O)NCCN1CCCCC1. The van der Waals surface area contributed by atoms with Gasteiger partial charge in [0.25, 0.3) is 5.91 Å². The molecule has 1 aliphatic rings. The molecule has 5 heteroatoms. The highest BCUT2D eigenvalue weighted by atomic mass is 79.9. The number of hydrogen-bond donors (Lipinski definition) is 1. The largest absolute Gasteiger partial charge is 0.349 e. The number of carbonyl (C=O) groups excluding carboxylic acids is 1. The molecule has 0 radical (unpaired) electrons. The number of piperidine rings is 1. The van der Waals surface area contributed by atoms with Crippen molar-refractivity contribution in [3.05, 3.63) is 22.4 Å². The van der Waals surface area contributed by atoms with Gasteiger partial charge in [0.05, 0.1) is 0 Å². The normalized spacial score (nSPS) is 16.5. The molecule has 0 unspecified atom stereocenters. The molecular formula is C14H22BrN3O. The molecule has 0 atom stereocenters. The molecular weight excluding hydrogens is 306 g/mol. The van der Waals surface area contributed by atoms with E-state index < -0.39 is 0 Å². The van der Waals surface area contributed by atoms with Gasteiger partial charge in [-0.3, -0.25) is 4.79 Å². The van der Waals surface area contributed by atoms with Crippen molar-refractivity contribution in [2.75, 3.05) is 26.2 Å². The summed E-state index contributed by atoms with van der Waals surface area (Å²) in [5, 5.41) is 3.01. The van der Waals surface area contributed by atoms with E-state index in [4.69, 9.17) is 0 Å². The summed E-state index contributed by atoms with van der Waals surface area (Å²) in [5.74, 6) is 0.0181. The number of nitrogens with zero attached hydrogens (tertiary/aromatic N) is 2. The minimum absolute atomic E-state index is 0.0181. The molecule has 106 valence electrons. The van der Waals surface area contributed by atoms with E-state index in [-0.39, 0.29) is 5.91 Å². The van der Waals surface area contributed by atoms with Gasteiger partial charge in [-0.15, -0.1) is 0 Å². The van der Waals surface area contributed by atoms with Crippen LogP contribution in [-0.2, 0) is 6.54 Å². The average molecular weight is 328 g/mol. The zero-order chi connectivity index (χ0) is 13.7. The van der Waals surface area contributed by atoms with Crippen LogP contribution >= 0.6 is 15.9 Å². The fourth-order valence-corrected chi connectivity index (χ4v) is 2.99. The molecule has 0 saturated carbocycles. The third-order valence-electron chi connectivity index (χ3n) is 3.60. The van der Waals surface area contributed by atoms with Crippen LogP contribution in [-0.4, -0.2) is 41.6 Å². The first-order valence-corrected chi connectivity index (χ1v) is 7.86. The Morgan fingerprint density at radius 2 is 2.11 bits per heavy atom. The van der Waals surface area contributed by atoms with E-state index in [1.165, 1.54) is 32.4 Å². The summed E-state index contributed by atoms with van der Waals surface area (Å²) in [6, 6.07) is 1.87. The zero-order valence-electron chi connectivity index (χ0n) is 11.5. The van der Waals surface area contributed by atoms with Crippen molar-refractivity contribution >= 4 is 21.8 Å². The molecule has 1 amide bonds. The minimum Gasteiger partial charge on any atom is -0.349 e. The maximum absolute atomic E-state index is 12.1. The lowest BCUT2D eigenvalue weighted by atomic mass is 10.1. The van der Waals surface area contributed by atoms with Crippen LogP contribution in [0.1, 0.15) is 36.7 Å². The van der Waals surface area contributed by atoms with Crippen molar-refractivity contribution in [3.63, 3.8) is 0 Å². The Morgan fingerprint density at radius 3 is 2.79 bits per heavy atom. The second-order valence-corrected chi connectivity index (χ2v) is 5.90. The van der Waals surface area contributed by atoms with Crippen LogP contribution in [0.15, 0.2) is 16.7 Å². The van der Waals surface area contributed by atoms with Gasteiger partial charge in [-0.2, -0.15) is 0 Å². The standard InChI is InChI=1S/C14H22BrN3O/c1-2-18-11-12(15)10-13(18)14(19)16-6-9-17-7-4-3-5-8-17/h10-11H,2-9H2,1H3,(H,16,19). The van der Waals surface area contributed by atoms with Crippen molar-refractivity contribution in [2.24, 2.45) is 0 Å². The Morgan fingerprint density at radius 1 is 1.37 bits per heavy atom. The van der Waals surface area contributed by atoms with E-state index in [0.717, 1.165) is 29.8 Å².